The van der Waals surface area contributed by atoms with Crippen LogP contribution in [-0.2, 0) is 11.3 Å². The molecule has 1 amide bonds. The Labute approximate surface area is 115 Å². The van der Waals surface area contributed by atoms with Crippen LogP contribution in [0.3, 0.4) is 0 Å². The van der Waals surface area contributed by atoms with Gasteiger partial charge in [-0.3, -0.25) is 4.79 Å². The summed E-state index contributed by atoms with van der Waals surface area (Å²) >= 11 is 0. The maximum absolute atomic E-state index is 11.7. The van der Waals surface area contributed by atoms with Crippen molar-refractivity contribution in [3.63, 3.8) is 0 Å². The van der Waals surface area contributed by atoms with E-state index in [9.17, 15) is 9.90 Å². The molecular weight excluding hydrogens is 240 g/mol. The molecule has 0 aliphatic rings. The van der Waals surface area contributed by atoms with Crippen LogP contribution in [0, 0.1) is 13.8 Å². The first-order valence-corrected chi connectivity index (χ1v) is 6.64. The van der Waals surface area contributed by atoms with Crippen LogP contribution < -0.4 is 10.6 Å². The van der Waals surface area contributed by atoms with E-state index in [0.717, 1.165) is 16.7 Å². The molecule has 1 unspecified atom stereocenters. The van der Waals surface area contributed by atoms with Crippen LogP contribution in [0.4, 0.5) is 0 Å². The fourth-order valence-electron chi connectivity index (χ4n) is 1.92. The number of benzene rings is 1. The van der Waals surface area contributed by atoms with Gasteiger partial charge in [0.15, 0.2) is 0 Å². The number of carbonyl (C=O) groups excluding carboxylic acids is 1. The number of nitrogens with one attached hydrogen (secondary N) is 2. The largest absolute Gasteiger partial charge is 0.507 e. The van der Waals surface area contributed by atoms with Crippen LogP contribution >= 0.6 is 0 Å². The van der Waals surface area contributed by atoms with Crippen molar-refractivity contribution in [1.82, 2.24) is 10.6 Å². The predicted molar refractivity (Wildman–Crippen MR) is 77.2 cm³/mol. The third-order valence-corrected chi connectivity index (χ3v) is 2.99. The topological polar surface area (TPSA) is 61.4 Å². The molecule has 0 spiro atoms. The molecule has 19 heavy (non-hydrogen) atoms. The molecule has 4 heteroatoms. The van der Waals surface area contributed by atoms with Crippen LogP contribution in [0.2, 0.25) is 0 Å². The van der Waals surface area contributed by atoms with Gasteiger partial charge >= 0.3 is 0 Å². The lowest BCUT2D eigenvalue weighted by atomic mass is 10.1. The van der Waals surface area contributed by atoms with Gasteiger partial charge in [0, 0.05) is 12.6 Å². The molecule has 106 valence electrons. The number of aromatic hydroxyl groups is 1. The summed E-state index contributed by atoms with van der Waals surface area (Å²) in [5, 5.41) is 15.8. The highest BCUT2D eigenvalue weighted by molar-refractivity contribution is 5.81. The zero-order valence-corrected chi connectivity index (χ0v) is 12.4. The number of phenols is 1. The molecule has 4 nitrogen and oxygen atoms in total. The predicted octanol–water partition coefficient (Wildman–Crippen LogP) is 2.01. The molecule has 0 aliphatic carbocycles. The number of phenolic OH excluding ortho intramolecular Hbond substituents is 1. The van der Waals surface area contributed by atoms with Gasteiger partial charge in [0.05, 0.1) is 6.04 Å². The van der Waals surface area contributed by atoms with Crippen molar-refractivity contribution in [2.45, 2.75) is 53.2 Å². The second-order valence-electron chi connectivity index (χ2n) is 5.34. The minimum absolute atomic E-state index is 0.00206. The van der Waals surface area contributed by atoms with Gasteiger partial charge in [-0.15, -0.1) is 0 Å². The summed E-state index contributed by atoms with van der Waals surface area (Å²) in [4.78, 5) is 11.7. The highest BCUT2D eigenvalue weighted by atomic mass is 16.3. The second-order valence-corrected chi connectivity index (χ2v) is 5.34. The Balaban J connectivity index is 2.60. The van der Waals surface area contributed by atoms with Gasteiger partial charge in [-0.1, -0.05) is 12.1 Å². The van der Waals surface area contributed by atoms with Crippen LogP contribution in [-0.4, -0.2) is 23.1 Å². The van der Waals surface area contributed by atoms with Crippen molar-refractivity contribution in [3.05, 3.63) is 28.8 Å². The van der Waals surface area contributed by atoms with Crippen LogP contribution in [0.25, 0.3) is 0 Å². The van der Waals surface area contributed by atoms with Crippen molar-refractivity contribution in [2.24, 2.45) is 0 Å². The lowest BCUT2D eigenvalue weighted by Crippen LogP contribution is -2.44. The van der Waals surface area contributed by atoms with Gasteiger partial charge in [0.2, 0.25) is 5.91 Å². The Morgan fingerprint density at radius 2 is 1.74 bits per heavy atom. The minimum Gasteiger partial charge on any atom is -0.507 e. The molecule has 1 rings (SSSR count). The van der Waals surface area contributed by atoms with E-state index in [0.29, 0.717) is 12.3 Å². The summed E-state index contributed by atoms with van der Waals surface area (Å²) in [5.41, 5.74) is 2.78. The zero-order chi connectivity index (χ0) is 14.6. The first kappa shape index (κ1) is 15.5. The summed E-state index contributed by atoms with van der Waals surface area (Å²) < 4.78 is 0. The summed E-state index contributed by atoms with van der Waals surface area (Å²) in [5.74, 6) is 0.344. The third kappa shape index (κ3) is 4.56. The summed E-state index contributed by atoms with van der Waals surface area (Å²) in [6, 6.07) is 3.77. The Kier molecular flexibility index (Phi) is 5.36. The Morgan fingerprint density at radius 3 is 2.21 bits per heavy atom. The van der Waals surface area contributed by atoms with Crippen molar-refractivity contribution in [3.8, 4) is 5.75 Å². The molecule has 0 aliphatic heterocycles. The van der Waals surface area contributed by atoms with Gasteiger partial charge in [-0.2, -0.15) is 0 Å². The SMILES string of the molecule is Cc1cc(CNC(C)C(=O)NC(C)C)cc(C)c1O. The van der Waals surface area contributed by atoms with Crippen LogP contribution in [0.15, 0.2) is 12.1 Å². The molecule has 1 aromatic rings. The minimum atomic E-state index is -0.239. The van der Waals surface area contributed by atoms with E-state index in [4.69, 9.17) is 0 Å². The normalized spacial score (nSPS) is 12.5. The molecule has 0 fully saturated rings. The van der Waals surface area contributed by atoms with Gasteiger partial charge < -0.3 is 15.7 Å². The number of amides is 1. The summed E-state index contributed by atoms with van der Waals surface area (Å²) in [6.45, 7) is 10.1. The lowest BCUT2D eigenvalue weighted by molar-refractivity contribution is -0.123. The van der Waals surface area contributed by atoms with Gasteiger partial charge in [-0.25, -0.2) is 0 Å². The van der Waals surface area contributed by atoms with Crippen molar-refractivity contribution in [1.29, 1.82) is 0 Å². The maximum atomic E-state index is 11.7. The second kappa shape index (κ2) is 6.57. The Morgan fingerprint density at radius 1 is 1.21 bits per heavy atom. The molecule has 0 bridgehead atoms. The molecule has 1 aromatic carbocycles. The molecule has 3 N–H and O–H groups in total. The fraction of sp³-hybridized carbons (Fsp3) is 0.533. The lowest BCUT2D eigenvalue weighted by Gasteiger charge is -2.16. The van der Waals surface area contributed by atoms with E-state index in [1.54, 1.807) is 0 Å². The highest BCUT2D eigenvalue weighted by Gasteiger charge is 2.13. The first-order chi connectivity index (χ1) is 8.81. The molecule has 0 saturated heterocycles. The van der Waals surface area contributed by atoms with Crippen molar-refractivity contribution < 1.29 is 9.90 Å². The zero-order valence-electron chi connectivity index (χ0n) is 12.4. The molecule has 0 saturated carbocycles. The summed E-state index contributed by atoms with van der Waals surface area (Å²) in [7, 11) is 0. The Hall–Kier alpha value is -1.55. The summed E-state index contributed by atoms with van der Waals surface area (Å²) in [6.07, 6.45) is 0. The first-order valence-electron chi connectivity index (χ1n) is 6.64. The van der Waals surface area contributed by atoms with E-state index < -0.39 is 0 Å². The van der Waals surface area contributed by atoms with Crippen molar-refractivity contribution >= 4 is 5.91 Å². The number of carbonyl (C=O) groups is 1. The average molecular weight is 264 g/mol. The molecule has 1 atom stereocenters. The molecule has 0 aromatic heterocycles. The Bertz CT molecular complexity index is 432. The molecule has 0 radical (unpaired) electrons. The van der Waals surface area contributed by atoms with E-state index in [-0.39, 0.29) is 18.0 Å². The van der Waals surface area contributed by atoms with E-state index in [2.05, 4.69) is 10.6 Å². The molecule has 0 heterocycles. The standard InChI is InChI=1S/C15H24N2O2/c1-9(2)17-15(19)12(5)16-8-13-6-10(3)14(18)11(4)7-13/h6-7,9,12,16,18H,8H2,1-5H3,(H,17,19). The third-order valence-electron chi connectivity index (χ3n) is 2.99. The number of hydrogen-bond acceptors (Lipinski definition) is 3. The van der Waals surface area contributed by atoms with Crippen LogP contribution in [0.5, 0.6) is 5.75 Å². The van der Waals surface area contributed by atoms with E-state index in [1.807, 2.05) is 46.8 Å². The quantitative estimate of drug-likeness (QED) is 0.762. The number of aryl methyl sites for hydroxylation is 2. The van der Waals surface area contributed by atoms with Gasteiger partial charge in [0.1, 0.15) is 5.75 Å². The molecular formula is C15H24N2O2. The fourth-order valence-corrected chi connectivity index (χ4v) is 1.92. The van der Waals surface area contributed by atoms with Crippen LogP contribution in [0.1, 0.15) is 37.5 Å². The smallest absolute Gasteiger partial charge is 0.237 e. The highest BCUT2D eigenvalue weighted by Crippen LogP contribution is 2.22. The number of rotatable bonds is 5. The van der Waals surface area contributed by atoms with E-state index in [1.165, 1.54) is 0 Å². The van der Waals surface area contributed by atoms with E-state index >= 15 is 0 Å². The monoisotopic (exact) mass is 264 g/mol. The maximum Gasteiger partial charge on any atom is 0.237 e. The van der Waals surface area contributed by atoms with Crippen molar-refractivity contribution in [2.75, 3.05) is 0 Å². The number of hydrogen-bond donors (Lipinski definition) is 3. The van der Waals surface area contributed by atoms with Gasteiger partial charge in [0.25, 0.3) is 0 Å². The van der Waals surface area contributed by atoms with Gasteiger partial charge in [-0.05, 0) is 51.3 Å². The average Bonchev–Trinajstić information content (AvgIpc) is 2.31.